The first kappa shape index (κ1) is 17.7. The molecule has 21 heavy (non-hydrogen) atoms. The fraction of sp³-hybridized carbons (Fsp3) is 0.462. The van der Waals surface area contributed by atoms with Crippen LogP contribution in [0.25, 0.3) is 0 Å². The van der Waals surface area contributed by atoms with E-state index in [1.54, 1.807) is 0 Å². The van der Waals surface area contributed by atoms with Gasteiger partial charge in [-0.3, -0.25) is 4.79 Å². The van der Waals surface area contributed by atoms with Gasteiger partial charge in [0.25, 0.3) is 0 Å². The van der Waals surface area contributed by atoms with E-state index in [1.165, 1.54) is 25.3 Å². The van der Waals surface area contributed by atoms with Gasteiger partial charge < -0.3 is 9.84 Å². The summed E-state index contributed by atoms with van der Waals surface area (Å²) >= 11 is 5.89. The number of hydrogen-bond donors (Lipinski definition) is 2. The average molecular weight is 336 g/mol. The van der Waals surface area contributed by atoms with Crippen molar-refractivity contribution in [2.75, 3.05) is 13.7 Å². The number of ether oxygens (including phenoxy) is 1. The Morgan fingerprint density at radius 1 is 1.48 bits per heavy atom. The summed E-state index contributed by atoms with van der Waals surface area (Å²) in [4.78, 5) is 11.0. The minimum absolute atomic E-state index is 0.0334. The molecule has 0 saturated heterocycles. The maximum atomic E-state index is 12.1. The summed E-state index contributed by atoms with van der Waals surface area (Å²) in [5.41, 5.74) is 0. The van der Waals surface area contributed by atoms with Crippen molar-refractivity contribution in [2.24, 2.45) is 5.92 Å². The Morgan fingerprint density at radius 2 is 2.14 bits per heavy atom. The van der Waals surface area contributed by atoms with Crippen molar-refractivity contribution < 1.29 is 23.1 Å². The molecule has 8 heteroatoms. The van der Waals surface area contributed by atoms with Gasteiger partial charge in [0, 0.05) is 6.54 Å². The number of sulfonamides is 1. The molecule has 0 aliphatic heterocycles. The topological polar surface area (TPSA) is 92.7 Å². The van der Waals surface area contributed by atoms with E-state index >= 15 is 0 Å². The highest BCUT2D eigenvalue weighted by molar-refractivity contribution is 7.89. The number of carboxylic acid groups (broad SMARTS) is 1. The summed E-state index contributed by atoms with van der Waals surface area (Å²) in [7, 11) is -2.38. The number of aliphatic carboxylic acids is 1. The molecule has 0 bridgehead atoms. The largest absolute Gasteiger partial charge is 0.495 e. The minimum atomic E-state index is -3.81. The van der Waals surface area contributed by atoms with Crippen LogP contribution in [0, 0.1) is 5.92 Å². The van der Waals surface area contributed by atoms with Crippen LogP contribution < -0.4 is 9.46 Å². The van der Waals surface area contributed by atoms with Crippen LogP contribution in [0.5, 0.6) is 5.75 Å². The third-order valence-electron chi connectivity index (χ3n) is 2.94. The molecule has 1 unspecified atom stereocenters. The van der Waals surface area contributed by atoms with Crippen LogP contribution in [-0.4, -0.2) is 33.1 Å². The van der Waals surface area contributed by atoms with Gasteiger partial charge in [0.05, 0.1) is 22.9 Å². The molecular weight excluding hydrogens is 318 g/mol. The molecule has 0 radical (unpaired) electrons. The molecular formula is C13H18ClNO5S. The van der Waals surface area contributed by atoms with Crippen molar-refractivity contribution >= 4 is 27.6 Å². The number of carbonyl (C=O) groups is 1. The van der Waals surface area contributed by atoms with Crippen molar-refractivity contribution in [2.45, 2.75) is 24.7 Å². The molecule has 0 heterocycles. The van der Waals surface area contributed by atoms with E-state index in [4.69, 9.17) is 21.4 Å². The second-order valence-corrected chi connectivity index (χ2v) is 6.65. The van der Waals surface area contributed by atoms with Gasteiger partial charge in [0.1, 0.15) is 5.75 Å². The monoisotopic (exact) mass is 335 g/mol. The van der Waals surface area contributed by atoms with Gasteiger partial charge in [-0.1, -0.05) is 24.9 Å². The molecule has 1 atom stereocenters. The van der Waals surface area contributed by atoms with Crippen molar-refractivity contribution in [3.8, 4) is 5.75 Å². The standard InChI is InChI=1S/C13H18ClNO5S/c1-3-4-9(13(16)17)8-15-21(18,19)10-5-6-12(20-2)11(14)7-10/h5-7,9,15H,3-4,8H2,1-2H3,(H,16,17). The highest BCUT2D eigenvalue weighted by Crippen LogP contribution is 2.26. The zero-order valence-corrected chi connectivity index (χ0v) is 13.4. The summed E-state index contributed by atoms with van der Waals surface area (Å²) in [6.45, 7) is 1.68. The molecule has 1 aromatic rings. The first-order valence-electron chi connectivity index (χ1n) is 6.37. The normalized spacial score (nSPS) is 12.9. The number of nitrogens with one attached hydrogen (secondary N) is 1. The summed E-state index contributed by atoms with van der Waals surface area (Å²) in [6.07, 6.45) is 1.06. The van der Waals surface area contributed by atoms with Crippen LogP contribution in [0.1, 0.15) is 19.8 Å². The SMILES string of the molecule is CCCC(CNS(=O)(=O)c1ccc(OC)c(Cl)c1)C(=O)O. The zero-order valence-electron chi connectivity index (χ0n) is 11.8. The molecule has 6 nitrogen and oxygen atoms in total. The molecule has 0 saturated carbocycles. The van der Waals surface area contributed by atoms with Crippen LogP contribution in [-0.2, 0) is 14.8 Å². The van der Waals surface area contributed by atoms with E-state index in [0.717, 1.165) is 0 Å². The van der Waals surface area contributed by atoms with E-state index < -0.39 is 21.9 Å². The first-order chi connectivity index (χ1) is 9.81. The number of carboxylic acids is 1. The Bertz CT molecular complexity index is 603. The van der Waals surface area contributed by atoms with Gasteiger partial charge in [-0.25, -0.2) is 13.1 Å². The van der Waals surface area contributed by atoms with E-state index in [1.807, 2.05) is 6.92 Å². The van der Waals surface area contributed by atoms with Crippen molar-refractivity contribution in [3.05, 3.63) is 23.2 Å². The van der Waals surface area contributed by atoms with Crippen LogP contribution in [0.15, 0.2) is 23.1 Å². The molecule has 1 aromatic carbocycles. The summed E-state index contributed by atoms with van der Waals surface area (Å²) < 4.78 is 31.5. The molecule has 2 N–H and O–H groups in total. The Kier molecular flexibility index (Phi) is 6.44. The minimum Gasteiger partial charge on any atom is -0.495 e. The molecule has 0 aliphatic carbocycles. The van der Waals surface area contributed by atoms with Crippen LogP contribution in [0.4, 0.5) is 0 Å². The van der Waals surface area contributed by atoms with Gasteiger partial charge in [-0.05, 0) is 24.6 Å². The van der Waals surface area contributed by atoms with Crippen LogP contribution in [0.2, 0.25) is 5.02 Å². The molecule has 118 valence electrons. The van der Waals surface area contributed by atoms with Gasteiger partial charge >= 0.3 is 5.97 Å². The highest BCUT2D eigenvalue weighted by atomic mass is 35.5. The number of methoxy groups -OCH3 is 1. The third-order valence-corrected chi connectivity index (χ3v) is 4.66. The van der Waals surface area contributed by atoms with E-state index in [2.05, 4.69) is 4.72 Å². The van der Waals surface area contributed by atoms with Crippen molar-refractivity contribution in [1.29, 1.82) is 0 Å². The number of benzene rings is 1. The fourth-order valence-electron chi connectivity index (χ4n) is 1.77. The zero-order chi connectivity index (χ0) is 16.0. The predicted molar refractivity (Wildman–Crippen MR) is 79.2 cm³/mol. The van der Waals surface area contributed by atoms with Gasteiger partial charge in [0.2, 0.25) is 10.0 Å². The Morgan fingerprint density at radius 3 is 2.62 bits per heavy atom. The second kappa shape index (κ2) is 7.63. The summed E-state index contributed by atoms with van der Waals surface area (Å²) in [6, 6.07) is 4.05. The smallest absolute Gasteiger partial charge is 0.307 e. The lowest BCUT2D eigenvalue weighted by molar-refractivity contribution is -0.141. The van der Waals surface area contributed by atoms with E-state index in [9.17, 15) is 13.2 Å². The maximum absolute atomic E-state index is 12.1. The summed E-state index contributed by atoms with van der Waals surface area (Å²) in [5.74, 6) is -1.41. The lowest BCUT2D eigenvalue weighted by Gasteiger charge is -2.13. The van der Waals surface area contributed by atoms with Gasteiger partial charge in [0.15, 0.2) is 0 Å². The second-order valence-electron chi connectivity index (χ2n) is 4.47. The van der Waals surface area contributed by atoms with Gasteiger partial charge in [-0.2, -0.15) is 0 Å². The average Bonchev–Trinajstić information content (AvgIpc) is 2.43. The molecule has 0 amide bonds. The fourth-order valence-corrected chi connectivity index (χ4v) is 3.20. The molecule has 0 aliphatic rings. The Labute approximate surface area is 129 Å². The molecule has 0 spiro atoms. The van der Waals surface area contributed by atoms with Crippen molar-refractivity contribution in [1.82, 2.24) is 4.72 Å². The van der Waals surface area contributed by atoms with E-state index in [0.29, 0.717) is 18.6 Å². The Balaban J connectivity index is 2.86. The molecule has 0 fully saturated rings. The lowest BCUT2D eigenvalue weighted by atomic mass is 10.1. The molecule has 0 aromatic heterocycles. The third kappa shape index (κ3) is 4.87. The van der Waals surface area contributed by atoms with Gasteiger partial charge in [-0.15, -0.1) is 0 Å². The first-order valence-corrected chi connectivity index (χ1v) is 8.24. The maximum Gasteiger partial charge on any atom is 0.307 e. The Hall–Kier alpha value is -1.31. The number of rotatable bonds is 8. The predicted octanol–water partition coefficient (Wildman–Crippen LogP) is 2.13. The number of halogens is 1. The quantitative estimate of drug-likeness (QED) is 0.759. The lowest BCUT2D eigenvalue weighted by Crippen LogP contribution is -2.33. The van der Waals surface area contributed by atoms with Crippen molar-refractivity contribution in [3.63, 3.8) is 0 Å². The summed E-state index contributed by atoms with van der Waals surface area (Å²) in [5, 5.41) is 9.18. The van der Waals surface area contributed by atoms with Crippen LogP contribution in [0.3, 0.4) is 0 Å². The molecule has 1 rings (SSSR count). The highest BCUT2D eigenvalue weighted by Gasteiger charge is 2.21. The van der Waals surface area contributed by atoms with Crippen LogP contribution >= 0.6 is 11.6 Å². The van der Waals surface area contributed by atoms with E-state index in [-0.39, 0.29) is 16.5 Å². The number of hydrogen-bond acceptors (Lipinski definition) is 4.